The second-order valence-electron chi connectivity index (χ2n) is 5.56. The second kappa shape index (κ2) is 8.01. The fraction of sp³-hybridized carbons (Fsp3) is 0.278. The van der Waals surface area contributed by atoms with Crippen molar-refractivity contribution in [1.82, 2.24) is 0 Å². The minimum Gasteiger partial charge on any atom is -0.490 e. The van der Waals surface area contributed by atoms with E-state index in [0.29, 0.717) is 28.6 Å². The highest BCUT2D eigenvalue weighted by Crippen LogP contribution is 2.27. The third-order valence-electron chi connectivity index (χ3n) is 3.73. The lowest BCUT2D eigenvalue weighted by atomic mass is 10.2. The maximum Gasteiger partial charge on any atom is 0.255 e. The Kier molecular flexibility index (Phi) is 5.76. The summed E-state index contributed by atoms with van der Waals surface area (Å²) in [6.07, 6.45) is 2.26. The Morgan fingerprint density at radius 3 is 2.92 bits per heavy atom. The van der Waals surface area contributed by atoms with Crippen molar-refractivity contribution >= 4 is 39.1 Å². The van der Waals surface area contributed by atoms with Crippen LogP contribution in [0.15, 0.2) is 46.9 Å². The van der Waals surface area contributed by atoms with E-state index in [-0.39, 0.29) is 12.0 Å². The summed E-state index contributed by atoms with van der Waals surface area (Å²) in [5, 5.41) is 3.39. The molecule has 0 spiro atoms. The maximum atomic E-state index is 12.3. The number of benzene rings is 2. The number of carbonyl (C=O) groups excluding carboxylic acids is 1. The molecular weight excluding hydrogens is 394 g/mol. The van der Waals surface area contributed by atoms with Crippen molar-refractivity contribution in [2.45, 2.75) is 18.9 Å². The van der Waals surface area contributed by atoms with E-state index in [2.05, 4.69) is 21.2 Å². The molecule has 0 aromatic heterocycles. The molecule has 1 amide bonds. The lowest BCUT2D eigenvalue weighted by Gasteiger charge is -2.13. The topological polar surface area (TPSA) is 47.6 Å². The van der Waals surface area contributed by atoms with E-state index in [0.717, 1.165) is 23.9 Å². The third-order valence-corrected chi connectivity index (χ3v) is 4.58. The predicted octanol–water partition coefficient (Wildman–Crippen LogP) is 4.91. The molecular formula is C18H17BrClNO3. The lowest BCUT2D eigenvalue weighted by Crippen LogP contribution is -2.16. The molecule has 0 bridgehead atoms. The molecule has 2 aromatic carbocycles. The number of carbonyl (C=O) groups is 1. The Bertz CT molecular complexity index is 732. The van der Waals surface area contributed by atoms with Gasteiger partial charge in [-0.3, -0.25) is 4.79 Å². The lowest BCUT2D eigenvalue weighted by molar-refractivity contribution is 0.0677. The van der Waals surface area contributed by atoms with Crippen molar-refractivity contribution in [3.63, 3.8) is 0 Å². The molecule has 126 valence electrons. The van der Waals surface area contributed by atoms with Gasteiger partial charge in [0.2, 0.25) is 0 Å². The molecule has 1 unspecified atom stereocenters. The molecule has 1 N–H and O–H groups in total. The Morgan fingerprint density at radius 2 is 2.21 bits per heavy atom. The first-order chi connectivity index (χ1) is 11.6. The van der Waals surface area contributed by atoms with Crippen molar-refractivity contribution in [3.05, 3.63) is 57.5 Å². The van der Waals surface area contributed by atoms with Crippen LogP contribution in [0.4, 0.5) is 5.69 Å². The second-order valence-corrected chi connectivity index (χ2v) is 6.85. The molecule has 1 aliphatic heterocycles. The number of anilines is 1. The number of amides is 1. The molecule has 3 rings (SSSR count). The average molecular weight is 411 g/mol. The minimum atomic E-state index is -0.205. The normalized spacial score (nSPS) is 16.8. The van der Waals surface area contributed by atoms with E-state index in [4.69, 9.17) is 21.1 Å². The molecule has 1 heterocycles. The molecule has 0 saturated carbocycles. The zero-order valence-electron chi connectivity index (χ0n) is 12.9. The largest absolute Gasteiger partial charge is 0.490 e. The first kappa shape index (κ1) is 17.3. The van der Waals surface area contributed by atoms with E-state index in [1.54, 1.807) is 42.5 Å². The first-order valence-electron chi connectivity index (χ1n) is 7.73. The van der Waals surface area contributed by atoms with Crippen molar-refractivity contribution in [2.75, 3.05) is 18.5 Å². The molecule has 1 fully saturated rings. The number of hydrogen-bond donors (Lipinski definition) is 1. The summed E-state index contributed by atoms with van der Waals surface area (Å²) in [7, 11) is 0. The summed E-state index contributed by atoms with van der Waals surface area (Å²) < 4.78 is 12.0. The molecule has 24 heavy (non-hydrogen) atoms. The number of halogens is 2. The summed E-state index contributed by atoms with van der Waals surface area (Å²) >= 11 is 9.38. The standard InChI is InChI=1S/C18H17BrClNO3/c19-16-9-12(18(22)21-14-4-1-3-13(20)10-14)6-7-17(16)24-11-15-5-2-8-23-15/h1,3-4,6-7,9-10,15H,2,5,8,11H2,(H,21,22). The number of hydrogen-bond acceptors (Lipinski definition) is 3. The Hall–Kier alpha value is -1.56. The molecule has 2 aromatic rings. The van der Waals surface area contributed by atoms with Crippen molar-refractivity contribution in [1.29, 1.82) is 0 Å². The Labute approximate surface area is 154 Å². The summed E-state index contributed by atoms with van der Waals surface area (Å²) in [5.41, 5.74) is 1.19. The Morgan fingerprint density at radius 1 is 1.33 bits per heavy atom. The fourth-order valence-electron chi connectivity index (χ4n) is 2.49. The molecule has 6 heteroatoms. The van der Waals surface area contributed by atoms with Gasteiger partial charge in [0.1, 0.15) is 12.4 Å². The highest BCUT2D eigenvalue weighted by molar-refractivity contribution is 9.10. The van der Waals surface area contributed by atoms with Gasteiger partial charge in [0.05, 0.1) is 10.6 Å². The predicted molar refractivity (Wildman–Crippen MR) is 98.0 cm³/mol. The summed E-state index contributed by atoms with van der Waals surface area (Å²) in [4.78, 5) is 12.3. The monoisotopic (exact) mass is 409 g/mol. The first-order valence-corrected chi connectivity index (χ1v) is 8.90. The third kappa shape index (κ3) is 4.50. The van der Waals surface area contributed by atoms with E-state index in [1.807, 2.05) is 0 Å². The van der Waals surface area contributed by atoms with Gasteiger partial charge < -0.3 is 14.8 Å². The average Bonchev–Trinajstić information content (AvgIpc) is 3.07. The zero-order valence-corrected chi connectivity index (χ0v) is 15.3. The highest BCUT2D eigenvalue weighted by Gasteiger charge is 2.17. The molecule has 0 radical (unpaired) electrons. The van der Waals surface area contributed by atoms with Crippen LogP contribution in [0.1, 0.15) is 23.2 Å². The van der Waals surface area contributed by atoms with Gasteiger partial charge in [0.25, 0.3) is 5.91 Å². The smallest absolute Gasteiger partial charge is 0.255 e. The van der Waals surface area contributed by atoms with E-state index in [1.165, 1.54) is 0 Å². The quantitative estimate of drug-likeness (QED) is 0.761. The van der Waals surface area contributed by atoms with Crippen LogP contribution >= 0.6 is 27.5 Å². The van der Waals surface area contributed by atoms with Crippen LogP contribution in [0.25, 0.3) is 0 Å². The van der Waals surface area contributed by atoms with Crippen LogP contribution < -0.4 is 10.1 Å². The van der Waals surface area contributed by atoms with Gasteiger partial charge in [-0.2, -0.15) is 0 Å². The van der Waals surface area contributed by atoms with E-state index >= 15 is 0 Å². The van der Waals surface area contributed by atoms with Crippen molar-refractivity contribution < 1.29 is 14.3 Å². The summed E-state index contributed by atoms with van der Waals surface area (Å²) in [5.74, 6) is 0.494. The minimum absolute atomic E-state index is 0.155. The molecule has 4 nitrogen and oxygen atoms in total. The molecule has 1 atom stereocenters. The van der Waals surface area contributed by atoms with Gasteiger partial charge in [-0.25, -0.2) is 0 Å². The van der Waals surface area contributed by atoms with Crippen LogP contribution in [-0.4, -0.2) is 25.2 Å². The zero-order chi connectivity index (χ0) is 16.9. The summed E-state index contributed by atoms with van der Waals surface area (Å²) in [6, 6.07) is 12.3. The van der Waals surface area contributed by atoms with Gasteiger partial charge >= 0.3 is 0 Å². The molecule has 1 saturated heterocycles. The Balaban J connectivity index is 1.63. The fourth-order valence-corrected chi connectivity index (χ4v) is 3.17. The van der Waals surface area contributed by atoms with Gasteiger partial charge in [-0.05, 0) is 65.2 Å². The highest BCUT2D eigenvalue weighted by atomic mass is 79.9. The van der Waals surface area contributed by atoms with Gasteiger partial charge in [0, 0.05) is 22.9 Å². The van der Waals surface area contributed by atoms with Crippen molar-refractivity contribution in [3.8, 4) is 5.75 Å². The number of ether oxygens (including phenoxy) is 2. The maximum absolute atomic E-state index is 12.3. The van der Waals surface area contributed by atoms with Gasteiger partial charge in [0.15, 0.2) is 0 Å². The van der Waals surface area contributed by atoms with Crippen LogP contribution in [0.3, 0.4) is 0 Å². The van der Waals surface area contributed by atoms with Gasteiger partial charge in [-0.1, -0.05) is 17.7 Å². The van der Waals surface area contributed by atoms with Crippen LogP contribution in [0.2, 0.25) is 5.02 Å². The SMILES string of the molecule is O=C(Nc1cccc(Cl)c1)c1ccc(OCC2CCCO2)c(Br)c1. The van der Waals surface area contributed by atoms with Crippen LogP contribution in [-0.2, 0) is 4.74 Å². The number of nitrogens with one attached hydrogen (secondary N) is 1. The number of rotatable bonds is 5. The van der Waals surface area contributed by atoms with Crippen molar-refractivity contribution in [2.24, 2.45) is 0 Å². The summed E-state index contributed by atoms with van der Waals surface area (Å²) in [6.45, 7) is 1.32. The van der Waals surface area contributed by atoms with E-state index < -0.39 is 0 Å². The van der Waals surface area contributed by atoms with Crippen LogP contribution in [0, 0.1) is 0 Å². The van der Waals surface area contributed by atoms with Gasteiger partial charge in [-0.15, -0.1) is 0 Å². The molecule has 1 aliphatic rings. The molecule has 0 aliphatic carbocycles. The van der Waals surface area contributed by atoms with E-state index in [9.17, 15) is 4.79 Å². The van der Waals surface area contributed by atoms with Crippen LogP contribution in [0.5, 0.6) is 5.75 Å².